The number of hydrogen-bond donors (Lipinski definition) is 1. The Bertz CT molecular complexity index is 645. The van der Waals surface area contributed by atoms with E-state index in [4.69, 9.17) is 15.2 Å². The zero-order chi connectivity index (χ0) is 13.5. The lowest BCUT2D eigenvalue weighted by molar-refractivity contribution is 0.174. The third-order valence-corrected chi connectivity index (χ3v) is 4.11. The lowest BCUT2D eigenvalue weighted by atomic mass is 10.1. The van der Waals surface area contributed by atoms with Crippen molar-refractivity contribution in [3.8, 4) is 22.8 Å². The van der Waals surface area contributed by atoms with Gasteiger partial charge in [-0.15, -0.1) is 0 Å². The van der Waals surface area contributed by atoms with E-state index in [1.54, 1.807) is 0 Å². The fourth-order valence-electron chi connectivity index (χ4n) is 3.03. The van der Waals surface area contributed by atoms with Crippen LogP contribution in [0.3, 0.4) is 0 Å². The van der Waals surface area contributed by atoms with Crippen LogP contribution >= 0.6 is 0 Å². The maximum atomic E-state index is 6.13. The molecule has 20 heavy (non-hydrogen) atoms. The smallest absolute Gasteiger partial charge is 0.231 e. The van der Waals surface area contributed by atoms with Gasteiger partial charge in [-0.3, -0.25) is 4.68 Å². The molecule has 0 saturated heterocycles. The molecular formula is C15H17N3O2. The SMILES string of the molecule is Nc1cn(C2CCCC2)nc1-c1ccc2c(c1)OCO2. The van der Waals surface area contributed by atoms with E-state index < -0.39 is 0 Å². The van der Waals surface area contributed by atoms with Crippen LogP contribution in [0.15, 0.2) is 24.4 Å². The molecule has 0 bridgehead atoms. The average Bonchev–Trinajstić information content (AvgIpc) is 3.17. The second-order valence-electron chi connectivity index (χ2n) is 5.42. The molecular weight excluding hydrogens is 254 g/mol. The lowest BCUT2D eigenvalue weighted by Crippen LogP contribution is -2.04. The van der Waals surface area contributed by atoms with Crippen LogP contribution in [0.4, 0.5) is 5.69 Å². The monoisotopic (exact) mass is 271 g/mol. The number of hydrogen-bond acceptors (Lipinski definition) is 4. The number of aromatic nitrogens is 2. The maximum Gasteiger partial charge on any atom is 0.231 e. The number of ether oxygens (including phenoxy) is 2. The first kappa shape index (κ1) is 11.6. The first-order chi connectivity index (χ1) is 9.81. The van der Waals surface area contributed by atoms with E-state index in [1.165, 1.54) is 25.7 Å². The molecule has 1 aliphatic heterocycles. The van der Waals surface area contributed by atoms with Crippen LogP contribution in [-0.2, 0) is 0 Å². The Morgan fingerprint density at radius 2 is 1.95 bits per heavy atom. The Morgan fingerprint density at radius 1 is 1.15 bits per heavy atom. The number of nitrogen functional groups attached to an aromatic ring is 1. The van der Waals surface area contributed by atoms with Gasteiger partial charge >= 0.3 is 0 Å². The Labute approximate surface area is 117 Å². The highest BCUT2D eigenvalue weighted by atomic mass is 16.7. The number of nitrogens with two attached hydrogens (primary N) is 1. The Hall–Kier alpha value is -2.17. The van der Waals surface area contributed by atoms with Gasteiger partial charge in [-0.2, -0.15) is 5.10 Å². The minimum absolute atomic E-state index is 0.283. The molecule has 104 valence electrons. The van der Waals surface area contributed by atoms with Crippen molar-refractivity contribution in [1.29, 1.82) is 0 Å². The maximum absolute atomic E-state index is 6.13. The van der Waals surface area contributed by atoms with Crippen molar-refractivity contribution < 1.29 is 9.47 Å². The van der Waals surface area contributed by atoms with Crippen molar-refractivity contribution in [2.24, 2.45) is 0 Å². The van der Waals surface area contributed by atoms with Crippen molar-refractivity contribution in [2.45, 2.75) is 31.7 Å². The van der Waals surface area contributed by atoms with Gasteiger partial charge in [0.25, 0.3) is 0 Å². The van der Waals surface area contributed by atoms with Gasteiger partial charge in [0.15, 0.2) is 11.5 Å². The molecule has 2 aliphatic rings. The standard InChI is InChI=1S/C15H17N3O2/c16-12-8-18(11-3-1-2-4-11)17-15(12)10-5-6-13-14(7-10)20-9-19-13/h5-8,11H,1-4,9,16H2. The number of benzene rings is 1. The lowest BCUT2D eigenvalue weighted by Gasteiger charge is -2.08. The summed E-state index contributed by atoms with van der Waals surface area (Å²) in [5.74, 6) is 1.54. The summed E-state index contributed by atoms with van der Waals surface area (Å²) in [5.41, 5.74) is 8.65. The molecule has 1 aliphatic carbocycles. The summed E-state index contributed by atoms with van der Waals surface area (Å²) in [7, 11) is 0. The average molecular weight is 271 g/mol. The Balaban J connectivity index is 1.71. The van der Waals surface area contributed by atoms with E-state index in [1.807, 2.05) is 29.1 Å². The van der Waals surface area contributed by atoms with Gasteiger partial charge in [0.2, 0.25) is 6.79 Å². The fraction of sp³-hybridized carbons (Fsp3) is 0.400. The van der Waals surface area contributed by atoms with Crippen LogP contribution in [0.25, 0.3) is 11.3 Å². The van der Waals surface area contributed by atoms with Crippen LogP contribution < -0.4 is 15.2 Å². The van der Waals surface area contributed by atoms with E-state index >= 15 is 0 Å². The molecule has 0 atom stereocenters. The minimum atomic E-state index is 0.283. The molecule has 1 fully saturated rings. The number of nitrogens with zero attached hydrogens (tertiary/aromatic N) is 2. The van der Waals surface area contributed by atoms with Crippen molar-refractivity contribution in [1.82, 2.24) is 9.78 Å². The van der Waals surface area contributed by atoms with E-state index in [-0.39, 0.29) is 6.79 Å². The highest BCUT2D eigenvalue weighted by Crippen LogP contribution is 2.38. The van der Waals surface area contributed by atoms with Crippen LogP contribution in [0.5, 0.6) is 11.5 Å². The molecule has 2 N–H and O–H groups in total. The quantitative estimate of drug-likeness (QED) is 0.912. The van der Waals surface area contributed by atoms with Gasteiger partial charge in [-0.1, -0.05) is 12.8 Å². The molecule has 2 aromatic rings. The van der Waals surface area contributed by atoms with Crippen LogP contribution in [-0.4, -0.2) is 16.6 Å². The van der Waals surface area contributed by atoms with Crippen LogP contribution in [0, 0.1) is 0 Å². The normalized spacial score (nSPS) is 17.8. The van der Waals surface area contributed by atoms with E-state index in [2.05, 4.69) is 5.10 Å². The third kappa shape index (κ3) is 1.81. The molecule has 4 rings (SSSR count). The number of rotatable bonds is 2. The highest BCUT2D eigenvalue weighted by molar-refractivity contribution is 5.74. The molecule has 0 unspecified atom stereocenters. The summed E-state index contributed by atoms with van der Waals surface area (Å²) in [6, 6.07) is 6.33. The largest absolute Gasteiger partial charge is 0.454 e. The van der Waals surface area contributed by atoms with Crippen molar-refractivity contribution in [3.05, 3.63) is 24.4 Å². The minimum Gasteiger partial charge on any atom is -0.454 e. The van der Waals surface area contributed by atoms with E-state index in [9.17, 15) is 0 Å². The number of fused-ring (bicyclic) bond motifs is 1. The second-order valence-corrected chi connectivity index (χ2v) is 5.42. The summed E-state index contributed by atoms with van der Waals surface area (Å²) in [4.78, 5) is 0. The van der Waals surface area contributed by atoms with Crippen LogP contribution in [0.2, 0.25) is 0 Å². The molecule has 1 aromatic heterocycles. The third-order valence-electron chi connectivity index (χ3n) is 4.11. The van der Waals surface area contributed by atoms with Gasteiger partial charge in [0.05, 0.1) is 11.7 Å². The van der Waals surface area contributed by atoms with Gasteiger partial charge in [-0.05, 0) is 31.0 Å². The molecule has 5 heteroatoms. The van der Waals surface area contributed by atoms with Crippen molar-refractivity contribution >= 4 is 5.69 Å². The van der Waals surface area contributed by atoms with Crippen molar-refractivity contribution in [2.75, 3.05) is 12.5 Å². The van der Waals surface area contributed by atoms with Crippen molar-refractivity contribution in [3.63, 3.8) is 0 Å². The summed E-state index contributed by atoms with van der Waals surface area (Å²) in [6.45, 7) is 0.283. The zero-order valence-electron chi connectivity index (χ0n) is 11.2. The first-order valence-electron chi connectivity index (χ1n) is 7.06. The zero-order valence-corrected chi connectivity index (χ0v) is 11.2. The number of anilines is 1. The highest BCUT2D eigenvalue weighted by Gasteiger charge is 2.21. The van der Waals surface area contributed by atoms with Gasteiger partial charge in [0.1, 0.15) is 5.69 Å². The molecule has 0 radical (unpaired) electrons. The predicted octanol–water partition coefficient (Wildman–Crippen LogP) is 2.98. The topological polar surface area (TPSA) is 62.3 Å². The summed E-state index contributed by atoms with van der Waals surface area (Å²) < 4.78 is 12.8. The molecule has 5 nitrogen and oxygen atoms in total. The summed E-state index contributed by atoms with van der Waals surface area (Å²) in [6.07, 6.45) is 6.91. The van der Waals surface area contributed by atoms with E-state index in [0.717, 1.165) is 28.4 Å². The molecule has 1 aromatic carbocycles. The fourth-order valence-corrected chi connectivity index (χ4v) is 3.03. The van der Waals surface area contributed by atoms with Gasteiger partial charge in [-0.25, -0.2) is 0 Å². The summed E-state index contributed by atoms with van der Waals surface area (Å²) in [5, 5.41) is 4.68. The molecule has 0 amide bonds. The first-order valence-corrected chi connectivity index (χ1v) is 7.06. The van der Waals surface area contributed by atoms with E-state index in [0.29, 0.717) is 6.04 Å². The van der Waals surface area contributed by atoms with Gasteiger partial charge in [0, 0.05) is 11.8 Å². The summed E-state index contributed by atoms with van der Waals surface area (Å²) >= 11 is 0. The Kier molecular flexibility index (Phi) is 2.58. The Morgan fingerprint density at radius 3 is 2.80 bits per heavy atom. The molecule has 0 spiro atoms. The predicted molar refractivity (Wildman–Crippen MR) is 75.7 cm³/mol. The second kappa shape index (κ2) is 4.44. The van der Waals surface area contributed by atoms with Gasteiger partial charge < -0.3 is 15.2 Å². The molecule has 1 saturated carbocycles. The van der Waals surface area contributed by atoms with Crippen LogP contribution in [0.1, 0.15) is 31.7 Å². The molecule has 2 heterocycles.